The molecule has 5 rings (SSSR count). The Hall–Kier alpha value is -2.64. The first-order valence-electron chi connectivity index (χ1n) is 26.4. The van der Waals surface area contributed by atoms with E-state index in [2.05, 4.69) is 15.2 Å². The van der Waals surface area contributed by atoms with E-state index in [-0.39, 0.29) is 43.1 Å². The van der Waals surface area contributed by atoms with Crippen molar-refractivity contribution in [1.29, 1.82) is 0 Å². The maximum absolute atomic E-state index is 14.8. The first-order chi connectivity index (χ1) is 34.7. The van der Waals surface area contributed by atoms with Gasteiger partial charge in [0.15, 0.2) is 12.6 Å². The molecule has 3 aliphatic rings. The van der Waals surface area contributed by atoms with Crippen molar-refractivity contribution in [2.45, 2.75) is 209 Å². The van der Waals surface area contributed by atoms with Crippen LogP contribution in [0.3, 0.4) is 0 Å². The quantitative estimate of drug-likeness (QED) is 0.143. The van der Waals surface area contributed by atoms with Crippen molar-refractivity contribution in [2.24, 2.45) is 17.8 Å². The van der Waals surface area contributed by atoms with Crippen LogP contribution in [0.5, 0.6) is 0 Å². The molecule has 3 aliphatic heterocycles. The summed E-state index contributed by atoms with van der Waals surface area (Å²) in [6.07, 6.45) is -5.03. The number of carbonyl (C=O) groups is 1. The summed E-state index contributed by atoms with van der Waals surface area (Å²) in [5, 5.41) is 56.2. The molecule has 0 amide bonds. The molecular formula is C53H89F2N5O13S. The third-order valence-corrected chi connectivity index (χ3v) is 17.5. The van der Waals surface area contributed by atoms with Crippen molar-refractivity contribution in [3.05, 3.63) is 41.7 Å². The minimum absolute atomic E-state index is 0.0459. The Kier molecular flexibility index (Phi) is 22.5. The number of rotatable bonds is 18. The number of nitrogens with zero attached hydrogens (tertiary/aromatic N) is 5. The Morgan fingerprint density at radius 3 is 2.24 bits per heavy atom. The molecule has 21 heteroatoms. The lowest BCUT2D eigenvalue weighted by atomic mass is 9.77. The summed E-state index contributed by atoms with van der Waals surface area (Å²) in [6.45, 7) is 17.3. The second-order valence-electron chi connectivity index (χ2n) is 22.2. The molecule has 1 aromatic heterocycles. The highest BCUT2D eigenvalue weighted by Gasteiger charge is 2.52. The first kappa shape index (κ1) is 62.2. The van der Waals surface area contributed by atoms with E-state index in [1.165, 1.54) is 25.8 Å². The van der Waals surface area contributed by atoms with E-state index in [9.17, 15) is 38.2 Å². The van der Waals surface area contributed by atoms with E-state index in [0.717, 1.165) is 0 Å². The van der Waals surface area contributed by atoms with Crippen molar-refractivity contribution < 1.29 is 71.4 Å². The predicted molar refractivity (Wildman–Crippen MR) is 274 cm³/mol. The number of alkyl halides is 2. The molecule has 0 radical (unpaired) electrons. The molecule has 3 saturated heterocycles. The SMILES string of the molecule is CC[C@H]1OC(=O)[C@H](C)[C@@H](O[C@H]2C[C@@](C)(OC)[C@@H](O)[C@H](C)O2)[C@H](C)[C@@H](O[C@H]2C[C@@H](N(C)CCc3cn([C@H](CF)[C@H](OC)c4ccc(S(=O)CCF)cc4)nn3)C[C@@H](C)O2)[C@](C)(O)C[C@@H](C)CN(C)[C@H](C)[C@@H](O)[C@]1(C)O. The fourth-order valence-electron chi connectivity index (χ4n) is 11.5. The second-order valence-corrected chi connectivity index (χ2v) is 23.8. The summed E-state index contributed by atoms with van der Waals surface area (Å²) < 4.78 is 85.8. The molecule has 74 heavy (non-hydrogen) atoms. The molecule has 20 atom stereocenters. The number of esters is 1. The molecule has 0 aliphatic carbocycles. The zero-order valence-corrected chi connectivity index (χ0v) is 47.1. The standard InChI is InChI=1S/C53H89F2N5O13S/c1-15-42-53(10,65)47(61)35(6)59(12)29-31(2)26-51(8,64)49(33(4)45(34(5)50(63)71-42)72-44-27-52(9,68-14)48(62)36(7)70-44)73-43-25-39(24-32(3)69-43)58(11)22-20-38-30-60(57-56-38)41(28-55)46(67-13)37-16-18-40(19-17-37)74(66)23-21-54/h16-19,30-36,39,41-49,61-62,64-65H,15,20-29H2,1-14H3/t31-,32-,33+,34-,35-,36+,39+,41-,42-,43+,44+,45+,46-,47-,48+,49-,51-,52-,53-,74?/m1/s1. The summed E-state index contributed by atoms with van der Waals surface area (Å²) in [7, 11) is 5.36. The topological polar surface area (TPSA) is 217 Å². The van der Waals surface area contributed by atoms with Gasteiger partial charge in [-0.3, -0.25) is 13.4 Å². The van der Waals surface area contributed by atoms with Crippen molar-refractivity contribution in [2.75, 3.05) is 60.5 Å². The van der Waals surface area contributed by atoms with Gasteiger partial charge in [-0.25, -0.2) is 9.07 Å². The monoisotopic (exact) mass is 1070 g/mol. The summed E-state index contributed by atoms with van der Waals surface area (Å²) in [6, 6.07) is 5.22. The average Bonchev–Trinajstić information content (AvgIpc) is 3.83. The lowest BCUT2D eigenvalue weighted by Gasteiger charge is -2.48. The number of halogens is 2. The fraction of sp³-hybridized carbons (Fsp3) is 0.830. The van der Waals surface area contributed by atoms with Crippen LogP contribution in [0.1, 0.15) is 125 Å². The number of carbonyl (C=O) groups excluding carboxylic acids is 1. The Morgan fingerprint density at radius 2 is 1.64 bits per heavy atom. The summed E-state index contributed by atoms with van der Waals surface area (Å²) >= 11 is 0. The molecule has 424 valence electrons. The number of likely N-dealkylation sites (N-methyl/N-ethyl adjacent to an activating group) is 2. The van der Waals surface area contributed by atoms with Gasteiger partial charge in [-0.05, 0) is 105 Å². The fourth-order valence-corrected chi connectivity index (χ4v) is 12.3. The molecule has 2 aromatic rings. The molecule has 0 spiro atoms. The molecule has 0 saturated carbocycles. The van der Waals surface area contributed by atoms with Gasteiger partial charge in [0.1, 0.15) is 49.4 Å². The van der Waals surface area contributed by atoms with Crippen LogP contribution in [-0.4, -0.2) is 200 Å². The van der Waals surface area contributed by atoms with Gasteiger partial charge in [-0.15, -0.1) is 5.10 Å². The number of benzene rings is 1. The summed E-state index contributed by atoms with van der Waals surface area (Å²) in [5.41, 5.74) is -3.15. The van der Waals surface area contributed by atoms with E-state index < -0.39 is 126 Å². The van der Waals surface area contributed by atoms with E-state index >= 15 is 0 Å². The van der Waals surface area contributed by atoms with Crippen molar-refractivity contribution in [3.8, 4) is 0 Å². The highest BCUT2D eigenvalue weighted by molar-refractivity contribution is 7.85. The lowest BCUT2D eigenvalue weighted by molar-refractivity contribution is -0.308. The number of aliphatic hydroxyl groups is 4. The van der Waals surface area contributed by atoms with Gasteiger partial charge in [-0.2, -0.15) is 0 Å². The van der Waals surface area contributed by atoms with E-state index in [4.69, 9.17) is 33.2 Å². The second kappa shape index (κ2) is 26.8. The normalized spacial score (nSPS) is 38.7. The van der Waals surface area contributed by atoms with Crippen LogP contribution < -0.4 is 0 Å². The molecule has 3 fully saturated rings. The van der Waals surface area contributed by atoms with Gasteiger partial charge in [0, 0.05) is 75.7 Å². The van der Waals surface area contributed by atoms with Crippen LogP contribution in [0, 0.1) is 17.8 Å². The Balaban J connectivity index is 1.40. The Bertz CT molecular complexity index is 2080. The minimum atomic E-state index is -1.83. The number of aliphatic hydroxyl groups excluding tert-OH is 2. The number of methoxy groups -OCH3 is 2. The molecule has 4 heterocycles. The largest absolute Gasteiger partial charge is 0.459 e. The number of cyclic esters (lactones) is 1. The van der Waals surface area contributed by atoms with Gasteiger partial charge >= 0.3 is 5.97 Å². The number of aromatic nitrogens is 3. The van der Waals surface area contributed by atoms with Gasteiger partial charge in [-0.1, -0.05) is 38.1 Å². The molecule has 1 unspecified atom stereocenters. The maximum Gasteiger partial charge on any atom is 0.311 e. The van der Waals surface area contributed by atoms with Gasteiger partial charge in [0.2, 0.25) is 0 Å². The van der Waals surface area contributed by atoms with E-state index in [1.807, 2.05) is 39.8 Å². The summed E-state index contributed by atoms with van der Waals surface area (Å²) in [4.78, 5) is 19.1. The van der Waals surface area contributed by atoms with Crippen LogP contribution >= 0.6 is 0 Å². The van der Waals surface area contributed by atoms with Crippen LogP contribution in [0.4, 0.5) is 8.78 Å². The molecule has 18 nitrogen and oxygen atoms in total. The number of hydrogen-bond acceptors (Lipinski definition) is 17. The molecular weight excluding hydrogens is 985 g/mol. The van der Waals surface area contributed by atoms with Crippen LogP contribution in [0.15, 0.2) is 35.4 Å². The third kappa shape index (κ3) is 14.9. The molecule has 4 N–H and O–H groups in total. The average molecular weight is 1070 g/mol. The van der Waals surface area contributed by atoms with Crippen LogP contribution in [0.2, 0.25) is 0 Å². The highest BCUT2D eigenvalue weighted by atomic mass is 32.2. The van der Waals surface area contributed by atoms with Crippen molar-refractivity contribution in [3.63, 3.8) is 0 Å². The van der Waals surface area contributed by atoms with Crippen molar-refractivity contribution in [1.82, 2.24) is 24.8 Å². The minimum Gasteiger partial charge on any atom is -0.459 e. The van der Waals surface area contributed by atoms with Crippen LogP contribution in [0.25, 0.3) is 0 Å². The van der Waals surface area contributed by atoms with E-state index in [0.29, 0.717) is 48.5 Å². The van der Waals surface area contributed by atoms with Gasteiger partial charge in [0.05, 0.1) is 63.8 Å². The number of ether oxygens (including phenoxy) is 7. The maximum atomic E-state index is 14.8. The Labute approximate surface area is 440 Å². The van der Waals surface area contributed by atoms with Crippen molar-refractivity contribution >= 4 is 16.8 Å². The third-order valence-electron chi connectivity index (χ3n) is 16.1. The van der Waals surface area contributed by atoms with E-state index in [1.54, 1.807) is 72.0 Å². The smallest absolute Gasteiger partial charge is 0.311 e. The Morgan fingerprint density at radius 1 is 0.959 bits per heavy atom. The number of hydrogen-bond donors (Lipinski definition) is 4. The van der Waals surface area contributed by atoms with Crippen LogP contribution in [-0.2, 0) is 55.2 Å². The highest BCUT2D eigenvalue weighted by Crippen LogP contribution is 2.40. The predicted octanol–water partition coefficient (Wildman–Crippen LogP) is 5.11. The van der Waals surface area contributed by atoms with Gasteiger partial charge < -0.3 is 63.4 Å². The van der Waals surface area contributed by atoms with Gasteiger partial charge in [0.25, 0.3) is 0 Å². The molecule has 0 bridgehead atoms. The first-order valence-corrected chi connectivity index (χ1v) is 27.7. The molecule has 1 aromatic carbocycles. The zero-order valence-electron chi connectivity index (χ0n) is 46.3. The zero-order chi connectivity index (χ0) is 55.0. The summed E-state index contributed by atoms with van der Waals surface area (Å²) in [5.74, 6) is -2.73. The lowest BCUT2D eigenvalue weighted by Crippen LogP contribution is -2.59.